The Morgan fingerprint density at radius 2 is 1.92 bits per heavy atom. The van der Waals surface area contributed by atoms with E-state index in [1.54, 1.807) is 0 Å². The van der Waals surface area contributed by atoms with Crippen LogP contribution in [0.25, 0.3) is 0 Å². The Hall–Kier alpha value is -1.88. The second-order valence-electron chi connectivity index (χ2n) is 7.21. The fourth-order valence-corrected chi connectivity index (χ4v) is 4.11. The quantitative estimate of drug-likeness (QED) is 0.891. The molecule has 0 aliphatic carbocycles. The Labute approximate surface area is 149 Å². The topological polar surface area (TPSA) is 66.8 Å². The molecule has 0 radical (unpaired) electrons. The second-order valence-corrected chi connectivity index (χ2v) is 7.21. The molecule has 136 valence electrons. The number of aryl methyl sites for hydroxylation is 2. The van der Waals surface area contributed by atoms with E-state index in [1.807, 2.05) is 17.0 Å². The Kier molecular flexibility index (Phi) is 5.74. The molecule has 1 aromatic carbocycles. The van der Waals surface area contributed by atoms with Crippen LogP contribution < -0.4 is 0 Å². The van der Waals surface area contributed by atoms with Crippen molar-refractivity contribution in [3.63, 3.8) is 0 Å². The molecule has 1 aromatic rings. The average molecular weight is 345 g/mol. The summed E-state index contributed by atoms with van der Waals surface area (Å²) in [4.78, 5) is 25.7. The van der Waals surface area contributed by atoms with Gasteiger partial charge in [0, 0.05) is 26.1 Å². The zero-order chi connectivity index (χ0) is 17.8. The van der Waals surface area contributed by atoms with E-state index in [9.17, 15) is 14.7 Å². The number of aliphatic carboxylic acids is 1. The zero-order valence-corrected chi connectivity index (χ0v) is 14.8. The minimum Gasteiger partial charge on any atom is -0.481 e. The van der Waals surface area contributed by atoms with E-state index in [2.05, 4.69) is 19.1 Å². The largest absolute Gasteiger partial charge is 0.481 e. The Morgan fingerprint density at radius 1 is 1.20 bits per heavy atom. The molecule has 5 nitrogen and oxygen atoms in total. The fourth-order valence-electron chi connectivity index (χ4n) is 4.11. The van der Waals surface area contributed by atoms with Gasteiger partial charge in [-0.1, -0.05) is 24.3 Å². The molecule has 2 aliphatic rings. The summed E-state index contributed by atoms with van der Waals surface area (Å²) in [7, 11) is 0. The predicted molar refractivity (Wildman–Crippen MR) is 94.3 cm³/mol. The van der Waals surface area contributed by atoms with Gasteiger partial charge in [-0.3, -0.25) is 9.59 Å². The van der Waals surface area contributed by atoms with E-state index in [1.165, 1.54) is 11.1 Å². The summed E-state index contributed by atoms with van der Waals surface area (Å²) in [5.74, 6) is -0.680. The lowest BCUT2D eigenvalue weighted by molar-refractivity contribution is -0.146. The van der Waals surface area contributed by atoms with Gasteiger partial charge in [0.05, 0.1) is 12.0 Å². The third kappa shape index (κ3) is 4.21. The normalized spacial score (nSPS) is 24.4. The number of rotatable bonds is 5. The highest BCUT2D eigenvalue weighted by Crippen LogP contribution is 2.33. The standard InChI is InChI=1S/C20H27NO4/c1-14-4-2-3-5-15(14)6-7-18(22)21-11-8-16(9-12-21)19-17(20(23)24)10-13-25-19/h2-5,16-17,19H,6-13H2,1H3,(H,23,24)/t17-,19+/m1/s1. The molecule has 2 aliphatic heterocycles. The second kappa shape index (κ2) is 8.00. The molecule has 2 saturated heterocycles. The number of nitrogens with zero attached hydrogens (tertiary/aromatic N) is 1. The first-order valence-corrected chi connectivity index (χ1v) is 9.23. The summed E-state index contributed by atoms with van der Waals surface area (Å²) in [5.41, 5.74) is 2.46. The SMILES string of the molecule is Cc1ccccc1CCC(=O)N1CCC([C@@H]2OCC[C@H]2C(=O)O)CC1. The van der Waals surface area contributed by atoms with Crippen LogP contribution in [0.2, 0.25) is 0 Å². The number of carbonyl (C=O) groups is 2. The highest BCUT2D eigenvalue weighted by Gasteiger charge is 2.40. The van der Waals surface area contributed by atoms with Crippen LogP contribution in [0.3, 0.4) is 0 Å². The number of carbonyl (C=O) groups excluding carboxylic acids is 1. The molecule has 1 amide bonds. The van der Waals surface area contributed by atoms with Gasteiger partial charge in [0.1, 0.15) is 0 Å². The monoisotopic (exact) mass is 345 g/mol. The summed E-state index contributed by atoms with van der Waals surface area (Å²) in [5, 5.41) is 9.31. The van der Waals surface area contributed by atoms with Crippen LogP contribution >= 0.6 is 0 Å². The zero-order valence-electron chi connectivity index (χ0n) is 14.8. The Balaban J connectivity index is 1.48. The lowest BCUT2D eigenvalue weighted by Gasteiger charge is -2.35. The number of likely N-dealkylation sites (tertiary alicyclic amines) is 1. The first kappa shape index (κ1) is 17.9. The molecular formula is C20H27NO4. The molecule has 1 N–H and O–H groups in total. The van der Waals surface area contributed by atoms with Gasteiger partial charge in [0.15, 0.2) is 0 Å². The van der Waals surface area contributed by atoms with E-state index in [0.29, 0.717) is 32.5 Å². The van der Waals surface area contributed by atoms with Gasteiger partial charge in [-0.25, -0.2) is 0 Å². The Bertz CT molecular complexity index is 622. The maximum atomic E-state index is 12.5. The summed E-state index contributed by atoms with van der Waals surface area (Å²) in [6.45, 7) is 4.04. The van der Waals surface area contributed by atoms with Crippen molar-refractivity contribution in [3.05, 3.63) is 35.4 Å². The van der Waals surface area contributed by atoms with Gasteiger partial charge in [0.25, 0.3) is 0 Å². The molecule has 2 heterocycles. The van der Waals surface area contributed by atoms with Crippen LogP contribution in [-0.2, 0) is 20.7 Å². The molecule has 0 bridgehead atoms. The Morgan fingerprint density at radius 3 is 2.60 bits per heavy atom. The molecule has 5 heteroatoms. The molecule has 2 atom stereocenters. The van der Waals surface area contributed by atoms with Crippen LogP contribution in [0.5, 0.6) is 0 Å². The van der Waals surface area contributed by atoms with Crippen LogP contribution in [0, 0.1) is 18.8 Å². The number of hydrogen-bond donors (Lipinski definition) is 1. The first-order chi connectivity index (χ1) is 12.1. The highest BCUT2D eigenvalue weighted by molar-refractivity contribution is 5.76. The van der Waals surface area contributed by atoms with E-state index in [-0.39, 0.29) is 23.8 Å². The van der Waals surface area contributed by atoms with Gasteiger partial charge < -0.3 is 14.7 Å². The number of carboxylic acids is 1. The summed E-state index contributed by atoms with van der Waals surface area (Å²) in [6.07, 6.45) is 3.41. The highest BCUT2D eigenvalue weighted by atomic mass is 16.5. The van der Waals surface area contributed by atoms with Gasteiger partial charge in [-0.15, -0.1) is 0 Å². The summed E-state index contributed by atoms with van der Waals surface area (Å²) < 4.78 is 5.70. The lowest BCUT2D eigenvalue weighted by Crippen LogP contribution is -2.43. The smallest absolute Gasteiger partial charge is 0.309 e. The molecule has 0 spiro atoms. The van der Waals surface area contributed by atoms with Gasteiger partial charge in [0.2, 0.25) is 5.91 Å². The average Bonchev–Trinajstić information content (AvgIpc) is 3.11. The van der Waals surface area contributed by atoms with Crippen molar-refractivity contribution >= 4 is 11.9 Å². The molecule has 0 saturated carbocycles. The minimum atomic E-state index is -0.751. The molecular weight excluding hydrogens is 318 g/mol. The van der Waals surface area contributed by atoms with E-state index in [4.69, 9.17) is 4.74 Å². The third-order valence-electron chi connectivity index (χ3n) is 5.68. The van der Waals surface area contributed by atoms with Crippen molar-refractivity contribution in [2.45, 2.75) is 45.1 Å². The summed E-state index contributed by atoms with van der Waals surface area (Å²) >= 11 is 0. The van der Waals surface area contributed by atoms with Crippen LogP contribution in [0.1, 0.15) is 36.8 Å². The fraction of sp³-hybridized carbons (Fsp3) is 0.600. The van der Waals surface area contributed by atoms with E-state index < -0.39 is 5.97 Å². The van der Waals surface area contributed by atoms with E-state index >= 15 is 0 Å². The molecule has 25 heavy (non-hydrogen) atoms. The van der Waals surface area contributed by atoms with Crippen molar-refractivity contribution in [2.24, 2.45) is 11.8 Å². The number of ether oxygens (including phenoxy) is 1. The third-order valence-corrected chi connectivity index (χ3v) is 5.68. The van der Waals surface area contributed by atoms with Gasteiger partial charge in [-0.05, 0) is 49.7 Å². The lowest BCUT2D eigenvalue weighted by atomic mass is 9.84. The van der Waals surface area contributed by atoms with Crippen molar-refractivity contribution in [2.75, 3.05) is 19.7 Å². The molecule has 2 fully saturated rings. The maximum Gasteiger partial charge on any atom is 0.309 e. The van der Waals surface area contributed by atoms with Crippen LogP contribution in [0.15, 0.2) is 24.3 Å². The van der Waals surface area contributed by atoms with Crippen LogP contribution in [-0.4, -0.2) is 47.7 Å². The molecule has 0 unspecified atom stereocenters. The van der Waals surface area contributed by atoms with Crippen LogP contribution in [0.4, 0.5) is 0 Å². The molecule has 0 aromatic heterocycles. The number of amides is 1. The first-order valence-electron chi connectivity index (χ1n) is 9.23. The summed E-state index contributed by atoms with van der Waals surface area (Å²) in [6, 6.07) is 8.18. The maximum absolute atomic E-state index is 12.5. The van der Waals surface area contributed by atoms with Crippen molar-refractivity contribution in [3.8, 4) is 0 Å². The van der Waals surface area contributed by atoms with Crippen molar-refractivity contribution in [1.29, 1.82) is 0 Å². The van der Waals surface area contributed by atoms with Gasteiger partial charge >= 0.3 is 5.97 Å². The molecule has 3 rings (SSSR count). The minimum absolute atomic E-state index is 0.179. The van der Waals surface area contributed by atoms with E-state index in [0.717, 1.165) is 19.3 Å². The number of benzene rings is 1. The number of piperidine rings is 1. The van der Waals surface area contributed by atoms with Crippen molar-refractivity contribution < 1.29 is 19.4 Å². The number of hydrogen-bond acceptors (Lipinski definition) is 3. The van der Waals surface area contributed by atoms with Gasteiger partial charge in [-0.2, -0.15) is 0 Å². The number of carboxylic acid groups (broad SMARTS) is 1. The van der Waals surface area contributed by atoms with Crippen molar-refractivity contribution in [1.82, 2.24) is 4.90 Å². The predicted octanol–water partition coefficient (Wildman–Crippen LogP) is 2.66.